The Balaban J connectivity index is 2.09. The molecule has 0 spiro atoms. The number of piperidine rings is 1. The van der Waals surface area contributed by atoms with E-state index in [0.29, 0.717) is 24.7 Å². The first-order chi connectivity index (χ1) is 9.84. The molecular formula is C16H28N2O3. The fourth-order valence-corrected chi connectivity index (χ4v) is 3.76. The lowest BCUT2D eigenvalue weighted by Crippen LogP contribution is -2.61. The number of carbonyl (C=O) groups is 2. The summed E-state index contributed by atoms with van der Waals surface area (Å²) in [5.74, 6) is -0.0639. The third kappa shape index (κ3) is 3.50. The Labute approximate surface area is 127 Å². The van der Waals surface area contributed by atoms with Gasteiger partial charge in [-0.2, -0.15) is 0 Å². The van der Waals surface area contributed by atoms with E-state index in [-0.39, 0.29) is 12.1 Å². The van der Waals surface area contributed by atoms with Gasteiger partial charge in [-0.15, -0.1) is 0 Å². The summed E-state index contributed by atoms with van der Waals surface area (Å²) >= 11 is 0. The van der Waals surface area contributed by atoms with Gasteiger partial charge in [0.2, 0.25) is 0 Å². The maximum Gasteiger partial charge on any atom is 0.329 e. The van der Waals surface area contributed by atoms with Crippen LogP contribution in [0.5, 0.6) is 0 Å². The van der Waals surface area contributed by atoms with Crippen LogP contribution in [-0.2, 0) is 4.79 Å². The van der Waals surface area contributed by atoms with E-state index in [0.717, 1.165) is 32.2 Å². The van der Waals surface area contributed by atoms with Crippen LogP contribution >= 0.6 is 0 Å². The zero-order valence-electron chi connectivity index (χ0n) is 13.4. The van der Waals surface area contributed by atoms with Gasteiger partial charge in [-0.25, -0.2) is 9.59 Å². The number of carbonyl (C=O) groups excluding carboxylic acids is 1. The number of hydrogen-bond donors (Lipinski definition) is 2. The average Bonchev–Trinajstić information content (AvgIpc) is 2.41. The second-order valence-electron chi connectivity index (χ2n) is 7.20. The van der Waals surface area contributed by atoms with E-state index in [2.05, 4.69) is 19.2 Å². The predicted molar refractivity (Wildman–Crippen MR) is 81.1 cm³/mol. The summed E-state index contributed by atoms with van der Waals surface area (Å²) in [7, 11) is 0. The van der Waals surface area contributed by atoms with Crippen LogP contribution in [0.4, 0.5) is 4.79 Å². The number of hydrogen-bond acceptors (Lipinski definition) is 2. The molecule has 2 N–H and O–H groups in total. The standard InChI is InChI=1S/C16H28N2O3/c1-11-5-4-8-16(9-11,14(19)20)17-15(21)18-10-12(2)6-7-13(18)3/h11-13H,4-10H2,1-3H3,(H,17,21)(H,19,20). The quantitative estimate of drug-likeness (QED) is 0.823. The van der Waals surface area contributed by atoms with E-state index in [4.69, 9.17) is 0 Å². The number of amides is 2. The van der Waals surface area contributed by atoms with Gasteiger partial charge >= 0.3 is 12.0 Å². The number of carboxylic acid groups (broad SMARTS) is 1. The summed E-state index contributed by atoms with van der Waals surface area (Å²) in [6, 6.07) is -0.0152. The first kappa shape index (κ1) is 16.1. The molecule has 2 rings (SSSR count). The van der Waals surface area contributed by atoms with Gasteiger partial charge in [-0.1, -0.05) is 26.7 Å². The monoisotopic (exact) mass is 296 g/mol. The van der Waals surface area contributed by atoms with Crippen LogP contribution in [0.25, 0.3) is 0 Å². The number of urea groups is 1. The lowest BCUT2D eigenvalue weighted by atomic mass is 9.76. The maximum absolute atomic E-state index is 12.6. The van der Waals surface area contributed by atoms with Crippen molar-refractivity contribution in [1.82, 2.24) is 10.2 Å². The van der Waals surface area contributed by atoms with E-state index in [1.807, 2.05) is 11.8 Å². The fourth-order valence-electron chi connectivity index (χ4n) is 3.76. The smallest absolute Gasteiger partial charge is 0.329 e. The molecule has 0 bridgehead atoms. The molecule has 0 aromatic carbocycles. The van der Waals surface area contributed by atoms with Crippen LogP contribution < -0.4 is 5.32 Å². The summed E-state index contributed by atoms with van der Waals surface area (Å²) < 4.78 is 0. The van der Waals surface area contributed by atoms with Crippen LogP contribution in [0.15, 0.2) is 0 Å². The Morgan fingerprint density at radius 3 is 2.48 bits per heavy atom. The number of aliphatic carboxylic acids is 1. The minimum absolute atomic E-state index is 0.188. The van der Waals surface area contributed by atoms with Gasteiger partial charge in [-0.05, 0) is 44.4 Å². The van der Waals surface area contributed by atoms with Crippen LogP contribution in [0.3, 0.4) is 0 Å². The van der Waals surface area contributed by atoms with E-state index >= 15 is 0 Å². The second kappa shape index (κ2) is 6.24. The minimum Gasteiger partial charge on any atom is -0.480 e. The van der Waals surface area contributed by atoms with Crippen LogP contribution in [-0.4, -0.2) is 40.1 Å². The molecule has 0 aromatic rings. The van der Waals surface area contributed by atoms with Gasteiger partial charge in [-0.3, -0.25) is 0 Å². The largest absolute Gasteiger partial charge is 0.480 e. The molecule has 1 saturated carbocycles. The van der Waals surface area contributed by atoms with Gasteiger partial charge in [0.25, 0.3) is 0 Å². The molecule has 2 aliphatic rings. The van der Waals surface area contributed by atoms with E-state index in [1.54, 1.807) is 0 Å². The Morgan fingerprint density at radius 1 is 1.14 bits per heavy atom. The SMILES string of the molecule is CC1CCC(C)N(C(=O)NC2(C(=O)O)CCCC(C)C2)C1. The van der Waals surface area contributed by atoms with Crippen molar-refractivity contribution in [3.8, 4) is 0 Å². The molecule has 0 radical (unpaired) electrons. The van der Waals surface area contributed by atoms with Gasteiger partial charge in [0, 0.05) is 12.6 Å². The summed E-state index contributed by atoms with van der Waals surface area (Å²) in [5.41, 5.74) is -1.07. The molecule has 1 heterocycles. The van der Waals surface area contributed by atoms with Gasteiger partial charge in [0.15, 0.2) is 0 Å². The molecule has 1 aliphatic heterocycles. The Morgan fingerprint density at radius 2 is 1.86 bits per heavy atom. The molecule has 21 heavy (non-hydrogen) atoms. The van der Waals surface area contributed by atoms with Crippen LogP contribution in [0, 0.1) is 11.8 Å². The zero-order chi connectivity index (χ0) is 15.6. The highest BCUT2D eigenvalue weighted by Crippen LogP contribution is 2.33. The number of likely N-dealkylation sites (tertiary alicyclic amines) is 1. The van der Waals surface area contributed by atoms with Crippen molar-refractivity contribution in [2.75, 3.05) is 6.54 Å². The molecule has 1 saturated heterocycles. The first-order valence-corrected chi connectivity index (χ1v) is 8.16. The summed E-state index contributed by atoms with van der Waals surface area (Å²) in [6.45, 7) is 6.97. The highest BCUT2D eigenvalue weighted by molar-refractivity contribution is 5.86. The number of rotatable bonds is 2. The van der Waals surface area contributed by atoms with Crippen molar-refractivity contribution < 1.29 is 14.7 Å². The molecule has 5 heteroatoms. The van der Waals surface area contributed by atoms with Crippen molar-refractivity contribution >= 4 is 12.0 Å². The third-order valence-corrected chi connectivity index (χ3v) is 5.13. The molecule has 4 atom stereocenters. The van der Waals surface area contributed by atoms with Crippen molar-refractivity contribution in [2.45, 2.75) is 70.9 Å². The normalized spacial score (nSPS) is 37.1. The molecule has 4 unspecified atom stereocenters. The van der Waals surface area contributed by atoms with Crippen molar-refractivity contribution in [1.29, 1.82) is 0 Å². The molecule has 2 fully saturated rings. The lowest BCUT2D eigenvalue weighted by molar-refractivity contribution is -0.146. The topological polar surface area (TPSA) is 69.6 Å². The summed E-state index contributed by atoms with van der Waals surface area (Å²) in [4.78, 5) is 26.2. The molecular weight excluding hydrogens is 268 g/mol. The van der Waals surface area contributed by atoms with E-state index in [1.165, 1.54) is 0 Å². The van der Waals surface area contributed by atoms with Crippen LogP contribution in [0.1, 0.15) is 59.3 Å². The third-order valence-electron chi connectivity index (χ3n) is 5.13. The Kier molecular flexibility index (Phi) is 4.79. The first-order valence-electron chi connectivity index (χ1n) is 8.16. The summed E-state index contributed by atoms with van der Waals surface area (Å²) in [5, 5.41) is 12.5. The van der Waals surface area contributed by atoms with Crippen molar-refractivity contribution in [2.24, 2.45) is 11.8 Å². The molecule has 120 valence electrons. The highest BCUT2D eigenvalue weighted by Gasteiger charge is 2.44. The molecule has 2 amide bonds. The van der Waals surface area contributed by atoms with Crippen LogP contribution in [0.2, 0.25) is 0 Å². The van der Waals surface area contributed by atoms with E-state index < -0.39 is 11.5 Å². The predicted octanol–water partition coefficient (Wildman–Crippen LogP) is 2.85. The second-order valence-corrected chi connectivity index (χ2v) is 7.20. The van der Waals surface area contributed by atoms with Gasteiger partial charge in [0.05, 0.1) is 0 Å². The zero-order valence-corrected chi connectivity index (χ0v) is 13.4. The number of nitrogens with one attached hydrogen (secondary N) is 1. The van der Waals surface area contributed by atoms with Gasteiger partial charge in [0.1, 0.15) is 5.54 Å². The average molecular weight is 296 g/mol. The maximum atomic E-state index is 12.6. The highest BCUT2D eigenvalue weighted by atomic mass is 16.4. The Bertz CT molecular complexity index is 412. The van der Waals surface area contributed by atoms with Crippen molar-refractivity contribution in [3.05, 3.63) is 0 Å². The Hall–Kier alpha value is -1.26. The number of carboxylic acids is 1. The molecule has 1 aliphatic carbocycles. The van der Waals surface area contributed by atoms with E-state index in [9.17, 15) is 14.7 Å². The van der Waals surface area contributed by atoms with Gasteiger partial charge < -0.3 is 15.3 Å². The number of nitrogens with zero attached hydrogens (tertiary/aromatic N) is 1. The molecule has 5 nitrogen and oxygen atoms in total. The summed E-state index contributed by atoms with van der Waals surface area (Å²) in [6.07, 6.45) is 5.10. The lowest BCUT2D eigenvalue weighted by Gasteiger charge is -2.42. The minimum atomic E-state index is -1.07. The fraction of sp³-hybridized carbons (Fsp3) is 0.875. The molecule has 0 aromatic heterocycles. The van der Waals surface area contributed by atoms with Crippen molar-refractivity contribution in [3.63, 3.8) is 0 Å².